The van der Waals surface area contributed by atoms with Gasteiger partial charge in [-0.2, -0.15) is 0 Å². The lowest BCUT2D eigenvalue weighted by atomic mass is 9.88. The molecule has 88 valence electrons. The van der Waals surface area contributed by atoms with Crippen LogP contribution in [0.5, 0.6) is 0 Å². The van der Waals surface area contributed by atoms with Gasteiger partial charge in [-0.15, -0.1) is 0 Å². The predicted molar refractivity (Wildman–Crippen MR) is 68.7 cm³/mol. The van der Waals surface area contributed by atoms with Crippen molar-refractivity contribution >= 4 is 0 Å². The Morgan fingerprint density at radius 1 is 1.12 bits per heavy atom. The van der Waals surface area contributed by atoms with Crippen LogP contribution in [-0.4, -0.2) is 4.98 Å². The number of aromatic nitrogens is 1. The van der Waals surface area contributed by atoms with Crippen LogP contribution >= 0.6 is 0 Å². The van der Waals surface area contributed by atoms with Gasteiger partial charge in [0.2, 0.25) is 0 Å². The second kappa shape index (κ2) is 4.57. The highest BCUT2D eigenvalue weighted by atomic mass is 14.7. The van der Waals surface area contributed by atoms with Gasteiger partial charge in [0, 0.05) is 11.9 Å². The summed E-state index contributed by atoms with van der Waals surface area (Å²) in [6.45, 7) is 6.87. The number of aryl methyl sites for hydroxylation is 2. The van der Waals surface area contributed by atoms with Crippen LogP contribution in [-0.2, 0) is 19.3 Å². The largest absolute Gasteiger partial charge is 0.261 e. The number of fused-ring (bicyclic) bond motifs is 1. The average molecular weight is 217 g/mol. The lowest BCUT2D eigenvalue weighted by molar-refractivity contribution is 0.410. The lowest BCUT2D eigenvalue weighted by Gasteiger charge is -2.18. The minimum Gasteiger partial charge on any atom is -0.261 e. The quantitative estimate of drug-likeness (QED) is 0.649. The molecule has 1 heterocycles. The highest BCUT2D eigenvalue weighted by Crippen LogP contribution is 2.24. The molecular weight excluding hydrogens is 194 g/mol. The molecule has 0 N–H and O–H groups in total. The highest BCUT2D eigenvalue weighted by molar-refractivity contribution is 5.27. The molecule has 0 radical (unpaired) electrons. The molecule has 16 heavy (non-hydrogen) atoms. The first-order valence-electron chi connectivity index (χ1n) is 6.51. The summed E-state index contributed by atoms with van der Waals surface area (Å²) < 4.78 is 0. The first-order valence-corrected chi connectivity index (χ1v) is 6.51. The van der Waals surface area contributed by atoms with Crippen molar-refractivity contribution in [2.75, 3.05) is 0 Å². The third-order valence-corrected chi connectivity index (χ3v) is 3.21. The normalized spacial score (nSPS) is 16.7. The minimum atomic E-state index is 0.362. The van der Waals surface area contributed by atoms with Crippen LogP contribution in [0.1, 0.15) is 56.9 Å². The maximum Gasteiger partial charge on any atom is 0.0435 e. The molecule has 1 aromatic heterocycles. The number of nitrogens with zero attached hydrogens (tertiary/aromatic N) is 1. The fourth-order valence-corrected chi connectivity index (χ4v) is 2.52. The molecule has 0 spiro atoms. The van der Waals surface area contributed by atoms with Crippen molar-refractivity contribution in [1.29, 1.82) is 0 Å². The highest BCUT2D eigenvalue weighted by Gasteiger charge is 2.14. The van der Waals surface area contributed by atoms with E-state index in [0.717, 1.165) is 6.42 Å². The molecule has 0 fully saturated rings. The summed E-state index contributed by atoms with van der Waals surface area (Å²) in [4.78, 5) is 4.66. The molecule has 0 bridgehead atoms. The van der Waals surface area contributed by atoms with E-state index in [1.54, 1.807) is 0 Å². The van der Waals surface area contributed by atoms with E-state index < -0.39 is 0 Å². The van der Waals surface area contributed by atoms with Gasteiger partial charge in [0.05, 0.1) is 0 Å². The number of hydrogen-bond donors (Lipinski definition) is 0. The van der Waals surface area contributed by atoms with Crippen molar-refractivity contribution in [3.05, 3.63) is 29.1 Å². The van der Waals surface area contributed by atoms with Crippen molar-refractivity contribution in [2.45, 2.75) is 59.3 Å². The minimum absolute atomic E-state index is 0.362. The van der Waals surface area contributed by atoms with Crippen molar-refractivity contribution in [1.82, 2.24) is 4.98 Å². The van der Waals surface area contributed by atoms with E-state index in [4.69, 9.17) is 0 Å². The standard InChI is InChI=1S/C15H23N/c1-15(2,3)10-12-9-13-7-5-4-6-8-14(13)16-11-12/h9,11H,4-8,10H2,1-3H3. The van der Waals surface area contributed by atoms with Gasteiger partial charge in [-0.25, -0.2) is 0 Å². The van der Waals surface area contributed by atoms with Crippen LogP contribution < -0.4 is 0 Å². The molecule has 0 aliphatic heterocycles. The summed E-state index contributed by atoms with van der Waals surface area (Å²) in [5.41, 5.74) is 4.64. The zero-order valence-electron chi connectivity index (χ0n) is 10.8. The maximum absolute atomic E-state index is 4.66. The molecule has 0 saturated heterocycles. The van der Waals surface area contributed by atoms with Gasteiger partial charge in [-0.1, -0.05) is 33.3 Å². The van der Waals surface area contributed by atoms with Gasteiger partial charge in [-0.3, -0.25) is 4.98 Å². The van der Waals surface area contributed by atoms with Crippen molar-refractivity contribution in [3.8, 4) is 0 Å². The zero-order chi connectivity index (χ0) is 11.6. The monoisotopic (exact) mass is 217 g/mol. The van der Waals surface area contributed by atoms with E-state index in [-0.39, 0.29) is 0 Å². The fraction of sp³-hybridized carbons (Fsp3) is 0.667. The molecule has 2 rings (SSSR count). The third-order valence-electron chi connectivity index (χ3n) is 3.21. The summed E-state index contributed by atoms with van der Waals surface area (Å²) in [6.07, 6.45) is 9.67. The van der Waals surface area contributed by atoms with Crippen molar-refractivity contribution < 1.29 is 0 Å². The smallest absolute Gasteiger partial charge is 0.0435 e. The van der Waals surface area contributed by atoms with Crippen LogP contribution in [0.25, 0.3) is 0 Å². The summed E-state index contributed by atoms with van der Waals surface area (Å²) in [5.74, 6) is 0. The molecular formula is C15H23N. The Morgan fingerprint density at radius 2 is 1.88 bits per heavy atom. The van der Waals surface area contributed by atoms with Gasteiger partial charge < -0.3 is 0 Å². The Hall–Kier alpha value is -0.850. The summed E-state index contributed by atoms with van der Waals surface area (Å²) >= 11 is 0. The molecule has 1 nitrogen and oxygen atoms in total. The van der Waals surface area contributed by atoms with Crippen LogP contribution in [0.4, 0.5) is 0 Å². The van der Waals surface area contributed by atoms with Crippen molar-refractivity contribution in [3.63, 3.8) is 0 Å². The van der Waals surface area contributed by atoms with Crippen molar-refractivity contribution in [2.24, 2.45) is 5.41 Å². The molecule has 1 aliphatic carbocycles. The zero-order valence-corrected chi connectivity index (χ0v) is 10.8. The maximum atomic E-state index is 4.66. The molecule has 0 atom stereocenters. The van der Waals surface area contributed by atoms with Gasteiger partial charge >= 0.3 is 0 Å². The number of rotatable bonds is 1. The average Bonchev–Trinajstić information content (AvgIpc) is 2.39. The molecule has 0 amide bonds. The second-order valence-electron chi connectivity index (χ2n) is 6.25. The first-order chi connectivity index (χ1) is 7.54. The van der Waals surface area contributed by atoms with Gasteiger partial charge in [0.1, 0.15) is 0 Å². The van der Waals surface area contributed by atoms with Crippen LogP contribution in [0.15, 0.2) is 12.3 Å². The number of hydrogen-bond acceptors (Lipinski definition) is 1. The lowest BCUT2D eigenvalue weighted by Crippen LogP contribution is -2.10. The van der Waals surface area contributed by atoms with E-state index >= 15 is 0 Å². The van der Waals surface area contributed by atoms with E-state index in [1.807, 2.05) is 0 Å². The first kappa shape index (κ1) is 11.6. The SMILES string of the molecule is CC(C)(C)Cc1cnc2c(c1)CCCCC2. The van der Waals surface area contributed by atoms with E-state index in [1.165, 1.54) is 48.9 Å². The molecule has 0 aromatic carbocycles. The predicted octanol–water partition coefficient (Wildman–Crippen LogP) is 3.94. The molecule has 0 unspecified atom stereocenters. The van der Waals surface area contributed by atoms with E-state index in [0.29, 0.717) is 5.41 Å². The van der Waals surface area contributed by atoms with Crippen LogP contribution in [0.3, 0.4) is 0 Å². The Kier molecular flexibility index (Phi) is 3.32. The molecule has 1 aromatic rings. The van der Waals surface area contributed by atoms with Gasteiger partial charge in [0.25, 0.3) is 0 Å². The Balaban J connectivity index is 2.21. The summed E-state index contributed by atoms with van der Waals surface area (Å²) in [7, 11) is 0. The Morgan fingerprint density at radius 3 is 2.62 bits per heavy atom. The van der Waals surface area contributed by atoms with Crippen LogP contribution in [0.2, 0.25) is 0 Å². The molecule has 1 heteroatoms. The molecule has 1 aliphatic rings. The third kappa shape index (κ3) is 3.07. The molecule has 0 saturated carbocycles. The van der Waals surface area contributed by atoms with E-state index in [9.17, 15) is 0 Å². The Bertz CT molecular complexity index is 360. The second-order valence-corrected chi connectivity index (χ2v) is 6.25. The van der Waals surface area contributed by atoms with Gasteiger partial charge in [-0.05, 0) is 48.6 Å². The Labute approximate surface area is 99.3 Å². The number of pyridine rings is 1. The topological polar surface area (TPSA) is 12.9 Å². The van der Waals surface area contributed by atoms with Crippen LogP contribution in [0, 0.1) is 5.41 Å². The van der Waals surface area contributed by atoms with Gasteiger partial charge in [0.15, 0.2) is 0 Å². The van der Waals surface area contributed by atoms with E-state index in [2.05, 4.69) is 38.0 Å². The summed E-state index contributed by atoms with van der Waals surface area (Å²) in [5, 5.41) is 0. The summed E-state index contributed by atoms with van der Waals surface area (Å²) in [6, 6.07) is 2.40. The fourth-order valence-electron chi connectivity index (χ4n) is 2.52.